The van der Waals surface area contributed by atoms with E-state index in [0.717, 1.165) is 4.70 Å². The van der Waals surface area contributed by atoms with Gasteiger partial charge in [0, 0.05) is 17.7 Å². The average Bonchev–Trinajstić information content (AvgIpc) is 2.81. The second-order valence-electron chi connectivity index (χ2n) is 6.81. The highest BCUT2D eigenvalue weighted by molar-refractivity contribution is 7.21. The number of aryl methyl sites for hydroxylation is 1. The van der Waals surface area contributed by atoms with E-state index < -0.39 is 17.9 Å². The van der Waals surface area contributed by atoms with Crippen molar-refractivity contribution < 1.29 is 23.8 Å². The van der Waals surface area contributed by atoms with Crippen LogP contribution in [0.5, 0.6) is 0 Å². The topological polar surface area (TPSA) is 75.6 Å². The Morgan fingerprint density at radius 3 is 2.64 bits per heavy atom. The van der Waals surface area contributed by atoms with E-state index in [1.165, 1.54) is 23.5 Å². The fourth-order valence-corrected chi connectivity index (χ4v) is 3.47. The molecule has 0 aliphatic heterocycles. The number of rotatable bonds is 6. The molecule has 1 aromatic carbocycles. The molecular weight excluding hydrogens is 345 g/mol. The molecule has 1 amide bonds. The van der Waals surface area contributed by atoms with Gasteiger partial charge in [-0.2, -0.15) is 0 Å². The zero-order chi connectivity index (χ0) is 18.8. The monoisotopic (exact) mass is 367 g/mol. The highest BCUT2D eigenvalue weighted by atomic mass is 32.1. The van der Waals surface area contributed by atoms with Gasteiger partial charge in [-0.3, -0.25) is 4.79 Å². The Hall–Kier alpha value is -1.99. The fraction of sp³-hybridized carbons (Fsp3) is 0.444. The SMILES string of the molecule is Cc1c(C(=O)NC(CCOC(C)(C)C)C(=O)O)sc2ccc(F)cc12. The second kappa shape index (κ2) is 7.49. The summed E-state index contributed by atoms with van der Waals surface area (Å²) in [6, 6.07) is 3.29. The number of thiophene rings is 1. The molecule has 136 valence electrons. The summed E-state index contributed by atoms with van der Waals surface area (Å²) in [5.41, 5.74) is 0.270. The normalized spacial score (nSPS) is 13.0. The summed E-state index contributed by atoms with van der Waals surface area (Å²) in [5, 5.41) is 12.5. The van der Waals surface area contributed by atoms with Crippen LogP contribution in [0.15, 0.2) is 18.2 Å². The molecule has 2 rings (SSSR count). The van der Waals surface area contributed by atoms with Crippen LogP contribution in [0, 0.1) is 12.7 Å². The number of carbonyl (C=O) groups is 2. The molecule has 1 unspecified atom stereocenters. The van der Waals surface area contributed by atoms with Gasteiger partial charge >= 0.3 is 5.97 Å². The summed E-state index contributed by atoms with van der Waals surface area (Å²) in [5.74, 6) is -1.96. The number of hydrogen-bond donors (Lipinski definition) is 2. The number of hydrogen-bond acceptors (Lipinski definition) is 4. The van der Waals surface area contributed by atoms with Crippen molar-refractivity contribution in [3.8, 4) is 0 Å². The van der Waals surface area contributed by atoms with E-state index >= 15 is 0 Å². The number of carbonyl (C=O) groups excluding carboxylic acids is 1. The first kappa shape index (κ1) is 19.3. The van der Waals surface area contributed by atoms with Crippen molar-refractivity contribution in [2.75, 3.05) is 6.61 Å². The van der Waals surface area contributed by atoms with E-state index in [1.54, 1.807) is 13.0 Å². The van der Waals surface area contributed by atoms with Crippen LogP contribution in [0.25, 0.3) is 10.1 Å². The minimum Gasteiger partial charge on any atom is -0.480 e. The Kier molecular flexibility index (Phi) is 5.80. The number of carboxylic acids is 1. The third-order valence-electron chi connectivity index (χ3n) is 3.65. The molecule has 0 spiro atoms. The number of nitrogens with one attached hydrogen (secondary N) is 1. The van der Waals surface area contributed by atoms with Crippen molar-refractivity contribution in [2.24, 2.45) is 0 Å². The zero-order valence-electron chi connectivity index (χ0n) is 14.7. The first-order valence-corrected chi connectivity index (χ1v) is 8.76. The van der Waals surface area contributed by atoms with Crippen LogP contribution in [0.4, 0.5) is 4.39 Å². The Bertz CT molecular complexity index is 794. The molecule has 0 saturated carbocycles. The number of benzene rings is 1. The Morgan fingerprint density at radius 2 is 2.04 bits per heavy atom. The van der Waals surface area contributed by atoms with Gasteiger partial charge in [0.25, 0.3) is 5.91 Å². The third kappa shape index (κ3) is 4.99. The summed E-state index contributed by atoms with van der Waals surface area (Å²) >= 11 is 1.22. The molecule has 0 saturated heterocycles. The van der Waals surface area contributed by atoms with E-state index in [-0.39, 0.29) is 24.4 Å². The van der Waals surface area contributed by atoms with Gasteiger partial charge in [-0.05, 0) is 56.8 Å². The Morgan fingerprint density at radius 1 is 1.36 bits per heavy atom. The van der Waals surface area contributed by atoms with Crippen molar-refractivity contribution in [1.82, 2.24) is 5.32 Å². The highest BCUT2D eigenvalue weighted by Crippen LogP contribution is 2.31. The van der Waals surface area contributed by atoms with Gasteiger partial charge in [-0.15, -0.1) is 11.3 Å². The molecule has 25 heavy (non-hydrogen) atoms. The van der Waals surface area contributed by atoms with Crippen LogP contribution in [0.3, 0.4) is 0 Å². The highest BCUT2D eigenvalue weighted by Gasteiger charge is 2.24. The molecule has 7 heteroatoms. The number of ether oxygens (including phenoxy) is 1. The molecule has 1 aromatic heterocycles. The largest absolute Gasteiger partial charge is 0.480 e. The van der Waals surface area contributed by atoms with Crippen LogP contribution in [-0.4, -0.2) is 35.2 Å². The molecule has 0 aliphatic carbocycles. The lowest BCUT2D eigenvalue weighted by atomic mass is 10.1. The molecule has 0 fully saturated rings. The lowest BCUT2D eigenvalue weighted by Gasteiger charge is -2.21. The van der Waals surface area contributed by atoms with Crippen LogP contribution >= 0.6 is 11.3 Å². The minimum absolute atomic E-state index is 0.164. The molecular formula is C18H22FNO4S. The smallest absolute Gasteiger partial charge is 0.326 e. The van der Waals surface area contributed by atoms with Gasteiger partial charge in [-0.25, -0.2) is 9.18 Å². The molecule has 2 N–H and O–H groups in total. The van der Waals surface area contributed by atoms with Gasteiger partial charge in [0.15, 0.2) is 0 Å². The summed E-state index contributed by atoms with van der Waals surface area (Å²) in [6.07, 6.45) is 0.164. The summed E-state index contributed by atoms with van der Waals surface area (Å²) in [6.45, 7) is 7.58. The first-order chi connectivity index (χ1) is 11.6. The molecule has 0 radical (unpaired) electrons. The van der Waals surface area contributed by atoms with E-state index in [2.05, 4.69) is 5.32 Å². The van der Waals surface area contributed by atoms with Crippen molar-refractivity contribution in [2.45, 2.75) is 45.8 Å². The number of amides is 1. The van der Waals surface area contributed by atoms with E-state index in [1.807, 2.05) is 20.8 Å². The van der Waals surface area contributed by atoms with Gasteiger partial charge in [0.05, 0.1) is 10.5 Å². The molecule has 1 atom stereocenters. The Balaban J connectivity index is 2.13. The van der Waals surface area contributed by atoms with Gasteiger partial charge in [0.1, 0.15) is 11.9 Å². The maximum Gasteiger partial charge on any atom is 0.326 e. The maximum atomic E-state index is 13.4. The van der Waals surface area contributed by atoms with Crippen LogP contribution in [0.2, 0.25) is 0 Å². The second-order valence-corrected chi connectivity index (χ2v) is 7.86. The summed E-state index contributed by atoms with van der Waals surface area (Å²) < 4.78 is 19.7. The van der Waals surface area contributed by atoms with E-state index in [9.17, 15) is 19.1 Å². The number of aliphatic carboxylic acids is 1. The predicted octanol–water partition coefficient (Wildman–Crippen LogP) is 3.74. The van der Waals surface area contributed by atoms with Gasteiger partial charge < -0.3 is 15.2 Å². The van der Waals surface area contributed by atoms with Crippen LogP contribution in [-0.2, 0) is 9.53 Å². The van der Waals surface area contributed by atoms with E-state index in [0.29, 0.717) is 15.8 Å². The lowest BCUT2D eigenvalue weighted by Crippen LogP contribution is -2.42. The molecule has 5 nitrogen and oxygen atoms in total. The number of halogens is 1. The standard InChI is InChI=1S/C18H22FNO4S/c1-10-12-9-11(19)5-6-14(12)25-15(10)16(21)20-13(17(22)23)7-8-24-18(2,3)4/h5-6,9,13H,7-8H2,1-4H3,(H,20,21)(H,22,23). The predicted molar refractivity (Wildman–Crippen MR) is 95.7 cm³/mol. The lowest BCUT2D eigenvalue weighted by molar-refractivity contribution is -0.140. The van der Waals surface area contributed by atoms with Gasteiger partial charge in [-0.1, -0.05) is 0 Å². The fourth-order valence-electron chi connectivity index (χ4n) is 2.37. The third-order valence-corrected chi connectivity index (χ3v) is 4.92. The zero-order valence-corrected chi connectivity index (χ0v) is 15.5. The molecule has 0 aliphatic rings. The quantitative estimate of drug-likeness (QED) is 0.816. The summed E-state index contributed by atoms with van der Waals surface area (Å²) in [7, 11) is 0. The summed E-state index contributed by atoms with van der Waals surface area (Å²) in [4.78, 5) is 24.3. The van der Waals surface area contributed by atoms with Crippen LogP contribution < -0.4 is 5.32 Å². The van der Waals surface area contributed by atoms with Crippen molar-refractivity contribution >= 4 is 33.3 Å². The molecule has 0 bridgehead atoms. The van der Waals surface area contributed by atoms with Crippen molar-refractivity contribution in [1.29, 1.82) is 0 Å². The first-order valence-electron chi connectivity index (χ1n) is 7.95. The van der Waals surface area contributed by atoms with Gasteiger partial charge in [0.2, 0.25) is 0 Å². The number of fused-ring (bicyclic) bond motifs is 1. The minimum atomic E-state index is -1.12. The Labute approximate surface area is 149 Å². The molecule has 2 aromatic rings. The van der Waals surface area contributed by atoms with E-state index in [4.69, 9.17) is 4.74 Å². The number of carboxylic acid groups (broad SMARTS) is 1. The maximum absolute atomic E-state index is 13.4. The van der Waals surface area contributed by atoms with Crippen molar-refractivity contribution in [3.05, 3.63) is 34.5 Å². The van der Waals surface area contributed by atoms with Crippen LogP contribution in [0.1, 0.15) is 42.4 Å². The molecule has 1 heterocycles. The van der Waals surface area contributed by atoms with Crippen molar-refractivity contribution in [3.63, 3.8) is 0 Å². The average molecular weight is 367 g/mol.